The molecule has 0 fully saturated rings. The molecule has 0 aromatic carbocycles. The zero-order valence-electron chi connectivity index (χ0n) is 8.85. The fraction of sp³-hybridized carbons (Fsp3) is 0.250. The van der Waals surface area contributed by atoms with Gasteiger partial charge in [-0.05, 0) is 24.3 Å². The summed E-state index contributed by atoms with van der Waals surface area (Å²) in [4.78, 5) is 4.25. The number of aryl methyl sites for hydroxylation is 1. The van der Waals surface area contributed by atoms with Crippen LogP contribution >= 0.6 is 0 Å². The number of hydrogen-bond donors (Lipinski definition) is 1. The SMILES string of the molecule is Cn1cccc1CNCc1ccccn1. The predicted molar refractivity (Wildman–Crippen MR) is 60.2 cm³/mol. The van der Waals surface area contributed by atoms with Gasteiger partial charge < -0.3 is 9.88 Å². The highest BCUT2D eigenvalue weighted by Crippen LogP contribution is 1.99. The summed E-state index contributed by atoms with van der Waals surface area (Å²) in [6.07, 6.45) is 3.87. The average molecular weight is 201 g/mol. The first-order valence-electron chi connectivity index (χ1n) is 5.07. The van der Waals surface area contributed by atoms with Crippen molar-refractivity contribution in [3.8, 4) is 0 Å². The average Bonchev–Trinajstić information content (AvgIpc) is 2.66. The van der Waals surface area contributed by atoms with Gasteiger partial charge >= 0.3 is 0 Å². The molecule has 0 aliphatic carbocycles. The molecule has 0 atom stereocenters. The van der Waals surface area contributed by atoms with Crippen LogP contribution in [0.3, 0.4) is 0 Å². The van der Waals surface area contributed by atoms with Crippen molar-refractivity contribution in [2.24, 2.45) is 7.05 Å². The summed E-state index contributed by atoms with van der Waals surface area (Å²) < 4.78 is 2.12. The van der Waals surface area contributed by atoms with E-state index < -0.39 is 0 Å². The van der Waals surface area contributed by atoms with E-state index >= 15 is 0 Å². The zero-order chi connectivity index (χ0) is 10.5. The van der Waals surface area contributed by atoms with E-state index in [0.717, 1.165) is 18.8 Å². The fourth-order valence-electron chi connectivity index (χ4n) is 1.50. The van der Waals surface area contributed by atoms with Gasteiger partial charge in [0, 0.05) is 38.2 Å². The molecule has 2 rings (SSSR count). The van der Waals surface area contributed by atoms with Crippen LogP contribution in [0.15, 0.2) is 42.7 Å². The van der Waals surface area contributed by atoms with E-state index in [9.17, 15) is 0 Å². The summed E-state index contributed by atoms with van der Waals surface area (Å²) in [5, 5.41) is 3.36. The van der Waals surface area contributed by atoms with Gasteiger partial charge in [-0.1, -0.05) is 6.07 Å². The monoisotopic (exact) mass is 201 g/mol. The second-order valence-corrected chi connectivity index (χ2v) is 3.54. The lowest BCUT2D eigenvalue weighted by Crippen LogP contribution is -2.15. The number of rotatable bonds is 4. The molecule has 0 aliphatic heterocycles. The highest BCUT2D eigenvalue weighted by molar-refractivity contribution is 5.07. The molecule has 0 aliphatic rings. The Morgan fingerprint density at radius 3 is 2.80 bits per heavy atom. The third-order valence-electron chi connectivity index (χ3n) is 2.39. The molecule has 0 spiro atoms. The molecule has 0 saturated carbocycles. The van der Waals surface area contributed by atoms with Crippen molar-refractivity contribution in [3.63, 3.8) is 0 Å². The molecule has 2 aromatic rings. The number of hydrogen-bond acceptors (Lipinski definition) is 2. The molecule has 78 valence electrons. The minimum absolute atomic E-state index is 0.812. The first-order chi connectivity index (χ1) is 7.36. The van der Waals surface area contributed by atoms with Gasteiger partial charge in [-0.2, -0.15) is 0 Å². The summed E-state index contributed by atoms with van der Waals surface area (Å²) in [5.74, 6) is 0. The fourth-order valence-corrected chi connectivity index (χ4v) is 1.50. The van der Waals surface area contributed by atoms with Crippen LogP contribution in [-0.4, -0.2) is 9.55 Å². The van der Waals surface area contributed by atoms with E-state index in [4.69, 9.17) is 0 Å². The van der Waals surface area contributed by atoms with Crippen molar-refractivity contribution in [2.45, 2.75) is 13.1 Å². The molecule has 2 aromatic heterocycles. The molecule has 3 heteroatoms. The van der Waals surface area contributed by atoms with Crippen LogP contribution in [-0.2, 0) is 20.1 Å². The van der Waals surface area contributed by atoms with Gasteiger partial charge in [-0.3, -0.25) is 4.98 Å². The Labute approximate surface area is 89.8 Å². The second kappa shape index (κ2) is 4.75. The van der Waals surface area contributed by atoms with Crippen LogP contribution in [0.2, 0.25) is 0 Å². The highest BCUT2D eigenvalue weighted by atomic mass is 15.0. The molecule has 2 heterocycles. The lowest BCUT2D eigenvalue weighted by molar-refractivity contribution is 0.646. The van der Waals surface area contributed by atoms with Crippen molar-refractivity contribution in [2.75, 3.05) is 0 Å². The summed E-state index contributed by atoms with van der Waals surface area (Å²) >= 11 is 0. The summed E-state index contributed by atoms with van der Waals surface area (Å²) in [7, 11) is 2.05. The zero-order valence-corrected chi connectivity index (χ0v) is 8.85. The maximum atomic E-state index is 4.25. The van der Waals surface area contributed by atoms with Crippen molar-refractivity contribution in [3.05, 3.63) is 54.1 Å². The largest absolute Gasteiger partial charge is 0.353 e. The minimum Gasteiger partial charge on any atom is -0.353 e. The Balaban J connectivity index is 1.83. The topological polar surface area (TPSA) is 29.9 Å². The van der Waals surface area contributed by atoms with Crippen molar-refractivity contribution >= 4 is 0 Å². The lowest BCUT2D eigenvalue weighted by Gasteiger charge is -2.05. The molecule has 0 unspecified atom stereocenters. The predicted octanol–water partition coefficient (Wildman–Crippen LogP) is 1.71. The van der Waals surface area contributed by atoms with E-state index in [0.29, 0.717) is 0 Å². The number of nitrogens with one attached hydrogen (secondary N) is 1. The van der Waals surface area contributed by atoms with Gasteiger partial charge in [0.05, 0.1) is 5.69 Å². The number of pyridine rings is 1. The Kier molecular flexibility index (Phi) is 3.15. The maximum Gasteiger partial charge on any atom is 0.0541 e. The van der Waals surface area contributed by atoms with E-state index in [1.807, 2.05) is 24.4 Å². The summed E-state index contributed by atoms with van der Waals surface area (Å²) in [6.45, 7) is 1.69. The molecule has 15 heavy (non-hydrogen) atoms. The third-order valence-corrected chi connectivity index (χ3v) is 2.39. The molecular formula is C12H15N3. The number of nitrogens with zero attached hydrogens (tertiary/aromatic N) is 2. The van der Waals surface area contributed by atoms with E-state index in [1.165, 1.54) is 5.69 Å². The van der Waals surface area contributed by atoms with Crippen LogP contribution in [0.1, 0.15) is 11.4 Å². The molecule has 0 amide bonds. The molecule has 0 saturated heterocycles. The lowest BCUT2D eigenvalue weighted by atomic mass is 10.3. The maximum absolute atomic E-state index is 4.25. The van der Waals surface area contributed by atoms with Crippen molar-refractivity contribution < 1.29 is 0 Å². The quantitative estimate of drug-likeness (QED) is 0.816. The Bertz CT molecular complexity index is 406. The van der Waals surface area contributed by atoms with Gasteiger partial charge in [0.1, 0.15) is 0 Å². The van der Waals surface area contributed by atoms with Crippen LogP contribution in [0.4, 0.5) is 0 Å². The van der Waals surface area contributed by atoms with Gasteiger partial charge in [0.25, 0.3) is 0 Å². The van der Waals surface area contributed by atoms with E-state index in [-0.39, 0.29) is 0 Å². The first kappa shape index (κ1) is 9.93. The van der Waals surface area contributed by atoms with Crippen molar-refractivity contribution in [1.82, 2.24) is 14.9 Å². The summed E-state index contributed by atoms with van der Waals surface area (Å²) in [5.41, 5.74) is 2.36. The van der Waals surface area contributed by atoms with Crippen LogP contribution in [0, 0.1) is 0 Å². The standard InChI is InChI=1S/C12H15N3/c1-15-8-4-6-12(15)10-13-9-11-5-2-3-7-14-11/h2-8,13H,9-10H2,1H3. The van der Waals surface area contributed by atoms with Crippen LogP contribution in [0.5, 0.6) is 0 Å². The Hall–Kier alpha value is -1.61. The highest BCUT2D eigenvalue weighted by Gasteiger charge is 1.96. The van der Waals surface area contributed by atoms with Crippen LogP contribution < -0.4 is 5.32 Å². The van der Waals surface area contributed by atoms with Crippen LogP contribution in [0.25, 0.3) is 0 Å². The van der Waals surface area contributed by atoms with E-state index in [1.54, 1.807) is 0 Å². The van der Waals surface area contributed by atoms with E-state index in [2.05, 4.69) is 40.2 Å². The molecule has 3 nitrogen and oxygen atoms in total. The smallest absolute Gasteiger partial charge is 0.0541 e. The molecule has 0 radical (unpaired) electrons. The molecule has 0 bridgehead atoms. The third kappa shape index (κ3) is 2.67. The normalized spacial score (nSPS) is 10.5. The first-order valence-corrected chi connectivity index (χ1v) is 5.07. The number of aromatic nitrogens is 2. The van der Waals surface area contributed by atoms with Crippen molar-refractivity contribution in [1.29, 1.82) is 0 Å². The molecule has 1 N–H and O–H groups in total. The Morgan fingerprint density at radius 1 is 1.20 bits per heavy atom. The Morgan fingerprint density at radius 2 is 2.13 bits per heavy atom. The van der Waals surface area contributed by atoms with Gasteiger partial charge in [0.15, 0.2) is 0 Å². The second-order valence-electron chi connectivity index (χ2n) is 3.54. The molecular weight excluding hydrogens is 186 g/mol. The van der Waals surface area contributed by atoms with Gasteiger partial charge in [-0.25, -0.2) is 0 Å². The van der Waals surface area contributed by atoms with Gasteiger partial charge in [-0.15, -0.1) is 0 Å². The summed E-state index contributed by atoms with van der Waals surface area (Å²) in [6, 6.07) is 10.1. The van der Waals surface area contributed by atoms with Gasteiger partial charge in [0.2, 0.25) is 0 Å². The minimum atomic E-state index is 0.812.